The van der Waals surface area contributed by atoms with Crippen LogP contribution in [0.25, 0.3) is 0 Å². The van der Waals surface area contributed by atoms with E-state index in [9.17, 15) is 9.59 Å². The summed E-state index contributed by atoms with van der Waals surface area (Å²) in [5.41, 5.74) is 1.36. The van der Waals surface area contributed by atoms with Crippen LogP contribution in [0.3, 0.4) is 0 Å². The molecule has 2 aromatic carbocycles. The second-order valence-electron chi connectivity index (χ2n) is 8.24. The number of amides is 1. The van der Waals surface area contributed by atoms with Gasteiger partial charge in [-0.2, -0.15) is 0 Å². The Labute approximate surface area is 188 Å². The first-order chi connectivity index (χ1) is 14.3. The molecule has 1 heterocycles. The fourth-order valence-corrected chi connectivity index (χ4v) is 4.94. The topological polar surface area (TPSA) is 37.4 Å². The van der Waals surface area contributed by atoms with Gasteiger partial charge in [-0.3, -0.25) is 4.79 Å². The van der Waals surface area contributed by atoms with E-state index in [4.69, 9.17) is 23.2 Å². The predicted octanol–water partition coefficient (Wildman–Crippen LogP) is 6.61. The van der Waals surface area contributed by atoms with Crippen LogP contribution in [0.5, 0.6) is 0 Å². The molecule has 1 fully saturated rings. The molecule has 0 spiro atoms. The van der Waals surface area contributed by atoms with Gasteiger partial charge in [-0.05, 0) is 54.7 Å². The molecule has 30 heavy (non-hydrogen) atoms. The van der Waals surface area contributed by atoms with Crippen LogP contribution in [0, 0.1) is 5.41 Å². The number of rotatable bonds is 7. The second-order valence-corrected chi connectivity index (χ2v) is 9.11. The van der Waals surface area contributed by atoms with Crippen molar-refractivity contribution in [1.29, 1.82) is 0 Å². The van der Waals surface area contributed by atoms with Gasteiger partial charge in [0.15, 0.2) is 0 Å². The summed E-state index contributed by atoms with van der Waals surface area (Å²) in [7, 11) is 0. The molecule has 0 N–H and O–H groups in total. The summed E-state index contributed by atoms with van der Waals surface area (Å²) in [6, 6.07) is 14.5. The lowest BCUT2D eigenvalue weighted by Gasteiger charge is -2.51. The van der Waals surface area contributed by atoms with Crippen molar-refractivity contribution in [2.75, 3.05) is 0 Å². The zero-order valence-electron chi connectivity index (χ0n) is 17.4. The molecular formula is C25H27Cl2NO2. The quantitative estimate of drug-likeness (QED) is 0.356. The lowest BCUT2D eigenvalue weighted by molar-refractivity contribution is -0.156. The monoisotopic (exact) mass is 443 g/mol. The first-order valence-electron chi connectivity index (χ1n) is 10.2. The van der Waals surface area contributed by atoms with Crippen molar-refractivity contribution in [1.82, 2.24) is 4.90 Å². The Hall–Kier alpha value is -2.10. The molecule has 158 valence electrons. The summed E-state index contributed by atoms with van der Waals surface area (Å²) in [5, 5.41) is 1.28. The van der Waals surface area contributed by atoms with Crippen LogP contribution in [0.1, 0.15) is 56.2 Å². The highest BCUT2D eigenvalue weighted by Gasteiger charge is 2.50. The lowest BCUT2D eigenvalue weighted by atomic mass is 9.67. The Bertz CT molecular complexity index is 927. The summed E-state index contributed by atoms with van der Waals surface area (Å²) in [6.45, 7) is 7.77. The van der Waals surface area contributed by atoms with Gasteiger partial charge in [-0.15, -0.1) is 6.58 Å². The van der Waals surface area contributed by atoms with Crippen molar-refractivity contribution in [2.24, 2.45) is 5.41 Å². The molecule has 0 saturated carbocycles. The molecule has 3 nitrogen and oxygen atoms in total. The molecule has 4 atom stereocenters. The highest BCUT2D eigenvalue weighted by atomic mass is 35.5. The van der Waals surface area contributed by atoms with E-state index in [0.717, 1.165) is 17.4 Å². The minimum Gasteiger partial charge on any atom is -0.325 e. The largest absolute Gasteiger partial charge is 0.325 e. The zero-order chi connectivity index (χ0) is 21.9. The Kier molecular flexibility index (Phi) is 7.05. The average Bonchev–Trinajstić information content (AvgIpc) is 2.73. The van der Waals surface area contributed by atoms with Crippen LogP contribution >= 0.6 is 23.2 Å². The standard InChI is InChI=1S/C25H27Cl2NO2/c1-4-13-25(3)15-22(18-7-6-8-20(27)14-18)23(17-9-11-19(26)12-10-17)28(24(25)30)21(5-2)16-29/h4,6-12,14,16,21-23H,1,5,13,15H2,2-3H3/t21?,22-,23-,25-/m1/s1. The minimum atomic E-state index is -0.645. The fourth-order valence-electron chi connectivity index (χ4n) is 4.61. The van der Waals surface area contributed by atoms with E-state index in [2.05, 4.69) is 6.58 Å². The van der Waals surface area contributed by atoms with E-state index in [1.54, 1.807) is 11.0 Å². The molecule has 2 aromatic rings. The van der Waals surface area contributed by atoms with Gasteiger partial charge in [0.05, 0.1) is 17.5 Å². The smallest absolute Gasteiger partial charge is 0.229 e. The van der Waals surface area contributed by atoms with Gasteiger partial charge >= 0.3 is 0 Å². The SMILES string of the molecule is C=CC[C@]1(C)C[C@H](c2cccc(Cl)c2)[C@@H](c2ccc(Cl)cc2)N(C(C=O)CC)C1=O. The van der Waals surface area contributed by atoms with Crippen LogP contribution in [0.2, 0.25) is 10.0 Å². The number of carbonyl (C=O) groups is 2. The predicted molar refractivity (Wildman–Crippen MR) is 123 cm³/mol. The number of nitrogens with zero attached hydrogens (tertiary/aromatic N) is 1. The summed E-state index contributed by atoms with van der Waals surface area (Å²) < 4.78 is 0. The van der Waals surface area contributed by atoms with Crippen molar-refractivity contribution >= 4 is 35.4 Å². The lowest BCUT2D eigenvalue weighted by Crippen LogP contribution is -2.55. The van der Waals surface area contributed by atoms with Gasteiger partial charge in [-0.1, -0.05) is 67.4 Å². The third-order valence-electron chi connectivity index (χ3n) is 6.12. The van der Waals surface area contributed by atoms with Crippen LogP contribution in [-0.4, -0.2) is 23.1 Å². The number of hydrogen-bond acceptors (Lipinski definition) is 2. The highest BCUT2D eigenvalue weighted by molar-refractivity contribution is 6.30. The van der Waals surface area contributed by atoms with Gasteiger partial charge in [0, 0.05) is 16.0 Å². The van der Waals surface area contributed by atoms with Gasteiger partial charge in [0.25, 0.3) is 0 Å². The van der Waals surface area contributed by atoms with Crippen LogP contribution in [-0.2, 0) is 9.59 Å². The summed E-state index contributed by atoms with van der Waals surface area (Å²) in [6.07, 6.45) is 4.40. The first-order valence-corrected chi connectivity index (χ1v) is 11.0. The summed E-state index contributed by atoms with van der Waals surface area (Å²) in [4.78, 5) is 27.6. The third kappa shape index (κ3) is 4.33. The van der Waals surface area contributed by atoms with Crippen molar-refractivity contribution in [2.45, 2.75) is 51.1 Å². The number of allylic oxidation sites excluding steroid dienone is 1. The third-order valence-corrected chi connectivity index (χ3v) is 6.61. The maximum Gasteiger partial charge on any atom is 0.229 e. The molecular weight excluding hydrogens is 417 g/mol. The van der Waals surface area contributed by atoms with E-state index in [1.165, 1.54) is 0 Å². The molecule has 0 aromatic heterocycles. The van der Waals surface area contributed by atoms with E-state index >= 15 is 0 Å². The van der Waals surface area contributed by atoms with Gasteiger partial charge in [0.2, 0.25) is 5.91 Å². The van der Waals surface area contributed by atoms with Crippen molar-refractivity contribution in [3.05, 3.63) is 82.4 Å². The van der Waals surface area contributed by atoms with Gasteiger partial charge in [0.1, 0.15) is 6.29 Å². The Morgan fingerprint density at radius 3 is 2.43 bits per heavy atom. The van der Waals surface area contributed by atoms with Gasteiger partial charge < -0.3 is 9.69 Å². The number of piperidine rings is 1. The molecule has 5 heteroatoms. The molecule has 0 radical (unpaired) electrons. The molecule has 0 aliphatic carbocycles. The van der Waals surface area contributed by atoms with Crippen LogP contribution in [0.15, 0.2) is 61.2 Å². The van der Waals surface area contributed by atoms with E-state index in [0.29, 0.717) is 29.3 Å². The minimum absolute atomic E-state index is 0.0143. The Balaban J connectivity index is 2.23. The summed E-state index contributed by atoms with van der Waals surface area (Å²) >= 11 is 12.5. The van der Waals surface area contributed by atoms with Crippen LogP contribution < -0.4 is 0 Å². The zero-order valence-corrected chi connectivity index (χ0v) is 18.9. The molecule has 1 saturated heterocycles. The second kappa shape index (κ2) is 9.36. The number of benzene rings is 2. The normalized spacial score (nSPS) is 25.1. The number of aldehydes is 1. The Morgan fingerprint density at radius 2 is 1.87 bits per heavy atom. The summed E-state index contributed by atoms with van der Waals surface area (Å²) in [5.74, 6) is -0.0406. The van der Waals surface area contributed by atoms with Crippen molar-refractivity contribution < 1.29 is 9.59 Å². The first kappa shape index (κ1) is 22.6. The number of halogens is 2. The maximum absolute atomic E-state index is 13.8. The fraction of sp³-hybridized carbons (Fsp3) is 0.360. The number of likely N-dealkylation sites (tertiary alicyclic amines) is 1. The number of carbonyl (C=O) groups excluding carboxylic acids is 2. The molecule has 1 aliphatic rings. The molecule has 1 aliphatic heterocycles. The van der Waals surface area contributed by atoms with E-state index in [-0.39, 0.29) is 17.9 Å². The highest BCUT2D eigenvalue weighted by Crippen LogP contribution is 2.52. The van der Waals surface area contributed by atoms with Crippen molar-refractivity contribution in [3.63, 3.8) is 0 Å². The maximum atomic E-state index is 13.8. The van der Waals surface area contributed by atoms with Crippen LogP contribution in [0.4, 0.5) is 0 Å². The molecule has 1 amide bonds. The van der Waals surface area contributed by atoms with Crippen molar-refractivity contribution in [3.8, 4) is 0 Å². The Morgan fingerprint density at radius 1 is 1.17 bits per heavy atom. The van der Waals surface area contributed by atoms with E-state index < -0.39 is 11.5 Å². The van der Waals surface area contributed by atoms with E-state index in [1.807, 2.05) is 62.4 Å². The molecule has 1 unspecified atom stereocenters. The van der Waals surface area contributed by atoms with Gasteiger partial charge in [-0.25, -0.2) is 0 Å². The molecule has 3 rings (SSSR count). The average molecular weight is 444 g/mol. The number of hydrogen-bond donors (Lipinski definition) is 0. The molecule has 0 bridgehead atoms.